The van der Waals surface area contributed by atoms with Gasteiger partial charge in [-0.2, -0.15) is 0 Å². The van der Waals surface area contributed by atoms with E-state index in [1.165, 1.54) is 11.8 Å². The Labute approximate surface area is 223 Å². The van der Waals surface area contributed by atoms with E-state index >= 15 is 0 Å². The molecule has 0 aromatic heterocycles. The molecule has 0 unspecified atom stereocenters. The fourth-order valence-corrected chi connectivity index (χ4v) is 4.64. The number of carbonyl (C=O) groups is 2. The van der Waals surface area contributed by atoms with Gasteiger partial charge >= 0.3 is 0 Å². The summed E-state index contributed by atoms with van der Waals surface area (Å²) in [6.45, 7) is 4.26. The van der Waals surface area contributed by atoms with Crippen LogP contribution in [0.5, 0.6) is 5.75 Å². The highest BCUT2D eigenvalue weighted by Crippen LogP contribution is 2.35. The highest BCUT2D eigenvalue weighted by atomic mass is 35.6. The zero-order valence-electron chi connectivity index (χ0n) is 18.5. The third-order valence-corrected chi connectivity index (χ3v) is 6.64. The summed E-state index contributed by atoms with van der Waals surface area (Å²) in [5.41, 5.74) is 1.78. The molecule has 1 fully saturated rings. The molecule has 0 spiro atoms. The Balaban J connectivity index is 1.68. The van der Waals surface area contributed by atoms with Gasteiger partial charge in [-0.3, -0.25) is 14.5 Å². The number of nitrogens with zero attached hydrogens (tertiary/aromatic N) is 1. The van der Waals surface area contributed by atoms with Gasteiger partial charge in [0.15, 0.2) is 0 Å². The van der Waals surface area contributed by atoms with Crippen molar-refractivity contribution in [1.29, 1.82) is 0 Å². The number of hydrogen-bond acceptors (Lipinski definition) is 5. The summed E-state index contributed by atoms with van der Waals surface area (Å²) in [4.78, 5) is 27.1. The van der Waals surface area contributed by atoms with Crippen LogP contribution in [-0.4, -0.2) is 31.1 Å². The molecule has 2 amide bonds. The lowest BCUT2D eigenvalue weighted by Crippen LogP contribution is -2.48. The molecule has 2 aromatic carbocycles. The Morgan fingerprint density at radius 2 is 1.79 bits per heavy atom. The number of thioether (sulfide) groups is 1. The average Bonchev–Trinajstić information content (AvgIpc) is 3.01. The number of thiocarbonyl (C=S) groups is 1. The Hall–Kier alpha value is -1.77. The van der Waals surface area contributed by atoms with Crippen LogP contribution in [0.2, 0.25) is 0 Å². The second-order valence-corrected chi connectivity index (χ2v) is 12.1. The summed E-state index contributed by atoms with van der Waals surface area (Å²) in [5, 5.41) is 2.61. The first-order chi connectivity index (χ1) is 16.0. The van der Waals surface area contributed by atoms with Crippen molar-refractivity contribution >= 4 is 81.0 Å². The number of alkyl halides is 3. The number of hydrogen-bond donors (Lipinski definition) is 1. The molecule has 0 radical (unpaired) electrons. The van der Waals surface area contributed by atoms with Gasteiger partial charge in [0, 0.05) is 6.42 Å². The van der Waals surface area contributed by atoms with Crippen molar-refractivity contribution in [3.63, 3.8) is 0 Å². The largest absolute Gasteiger partial charge is 0.466 e. The molecule has 1 saturated heterocycles. The van der Waals surface area contributed by atoms with Gasteiger partial charge in [-0.05, 0) is 35.3 Å². The molecule has 3 rings (SSSR count). The fraction of sp³-hybridized carbons (Fsp3) is 0.292. The predicted molar refractivity (Wildman–Crippen MR) is 144 cm³/mol. The topological polar surface area (TPSA) is 58.6 Å². The molecular weight excluding hydrogens is 535 g/mol. The zero-order chi connectivity index (χ0) is 24.9. The number of carbonyl (C=O) groups excluding carboxylic acids is 2. The van der Waals surface area contributed by atoms with Gasteiger partial charge in [0.05, 0.1) is 11.4 Å². The molecule has 0 saturated carbocycles. The molecule has 1 atom stereocenters. The maximum Gasteiger partial charge on any atom is 0.266 e. The molecule has 10 heteroatoms. The van der Waals surface area contributed by atoms with Crippen LogP contribution in [0.4, 0.5) is 0 Å². The van der Waals surface area contributed by atoms with Gasteiger partial charge in [-0.25, -0.2) is 0 Å². The summed E-state index contributed by atoms with van der Waals surface area (Å²) in [7, 11) is 0. The molecule has 1 N–H and O–H groups in total. The number of amides is 2. The summed E-state index contributed by atoms with van der Waals surface area (Å²) in [6.07, 6.45) is 0.885. The Morgan fingerprint density at radius 3 is 2.38 bits per heavy atom. The van der Waals surface area contributed by atoms with Gasteiger partial charge in [0.1, 0.15) is 10.1 Å². The number of benzene rings is 2. The lowest BCUT2D eigenvalue weighted by atomic mass is 10.1. The Kier molecular flexibility index (Phi) is 9.29. The second kappa shape index (κ2) is 11.8. The monoisotopic (exact) mass is 556 g/mol. The number of halogens is 3. The van der Waals surface area contributed by atoms with Gasteiger partial charge in [0.2, 0.25) is 15.9 Å². The molecule has 1 aliphatic heterocycles. The zero-order valence-corrected chi connectivity index (χ0v) is 22.4. The van der Waals surface area contributed by atoms with E-state index < -0.39 is 10.0 Å². The predicted octanol–water partition coefficient (Wildman–Crippen LogP) is 6.33. The summed E-state index contributed by atoms with van der Waals surface area (Å²) >= 11 is 24.7. The molecule has 34 heavy (non-hydrogen) atoms. The van der Waals surface area contributed by atoms with Crippen molar-refractivity contribution in [1.82, 2.24) is 10.2 Å². The highest BCUT2D eigenvalue weighted by Gasteiger charge is 2.36. The minimum atomic E-state index is -1.86. The highest BCUT2D eigenvalue weighted by molar-refractivity contribution is 8.26. The van der Waals surface area contributed by atoms with Gasteiger partial charge in [0.25, 0.3) is 5.91 Å². The molecular formula is C24H23Cl3N2O3S2. The first-order valence-electron chi connectivity index (χ1n) is 10.4. The van der Waals surface area contributed by atoms with Crippen LogP contribution < -0.4 is 10.1 Å². The van der Waals surface area contributed by atoms with Gasteiger partial charge in [-0.15, -0.1) is 0 Å². The molecule has 180 valence electrons. The molecule has 1 aliphatic rings. The van der Waals surface area contributed by atoms with Gasteiger partial charge < -0.3 is 10.1 Å². The van der Waals surface area contributed by atoms with E-state index in [1.807, 2.05) is 44.2 Å². The Bertz CT molecular complexity index is 1070. The van der Waals surface area contributed by atoms with Crippen LogP contribution in [0.25, 0.3) is 6.08 Å². The van der Waals surface area contributed by atoms with Crippen molar-refractivity contribution in [2.45, 2.75) is 36.8 Å². The van der Waals surface area contributed by atoms with E-state index in [2.05, 4.69) is 5.32 Å². The first kappa shape index (κ1) is 26.8. The van der Waals surface area contributed by atoms with Crippen molar-refractivity contribution < 1.29 is 14.3 Å². The lowest BCUT2D eigenvalue weighted by Gasteiger charge is -2.26. The van der Waals surface area contributed by atoms with E-state index in [0.29, 0.717) is 21.5 Å². The molecule has 5 nitrogen and oxygen atoms in total. The van der Waals surface area contributed by atoms with E-state index in [1.54, 1.807) is 35.2 Å². The number of nitrogens with one attached hydrogen (secondary N) is 1. The third kappa shape index (κ3) is 7.62. The first-order valence-corrected chi connectivity index (χ1v) is 12.8. The minimum absolute atomic E-state index is 0.136. The van der Waals surface area contributed by atoms with Crippen LogP contribution in [0, 0.1) is 5.92 Å². The standard InChI is InChI=1S/C24H23Cl3N2O3S2/c1-15(2)12-20(30)28-22(24(25,26)27)32-18-10-8-16(9-11-18)13-19-21(31)29(23(33)34-19)14-17-6-4-3-5-7-17/h3-11,13,15,22H,12,14H2,1-2H3,(H,28,30)/b19-13+/t22-/m1/s1. The molecule has 0 bridgehead atoms. The van der Waals surface area contributed by atoms with E-state index in [0.717, 1.165) is 11.1 Å². The average molecular weight is 558 g/mol. The van der Waals surface area contributed by atoms with Crippen molar-refractivity contribution in [3.05, 3.63) is 70.6 Å². The number of rotatable bonds is 8. The van der Waals surface area contributed by atoms with Crippen molar-refractivity contribution in [2.75, 3.05) is 0 Å². The maximum absolute atomic E-state index is 12.9. The SMILES string of the molecule is CC(C)CC(=O)N[C@H](Oc1ccc(/C=C2/SC(=S)N(Cc3ccccc3)C2=O)cc1)C(Cl)(Cl)Cl. The lowest BCUT2D eigenvalue weighted by molar-refractivity contribution is -0.124. The summed E-state index contributed by atoms with van der Waals surface area (Å²) in [6, 6.07) is 16.6. The van der Waals surface area contributed by atoms with Crippen LogP contribution in [0.15, 0.2) is 59.5 Å². The van der Waals surface area contributed by atoms with Crippen LogP contribution in [-0.2, 0) is 16.1 Å². The van der Waals surface area contributed by atoms with E-state index in [4.69, 9.17) is 51.8 Å². The van der Waals surface area contributed by atoms with Crippen molar-refractivity contribution in [3.8, 4) is 5.75 Å². The normalized spacial score (nSPS) is 16.3. The van der Waals surface area contributed by atoms with Crippen molar-refractivity contribution in [2.24, 2.45) is 5.92 Å². The maximum atomic E-state index is 12.9. The van der Waals surface area contributed by atoms with Crippen LogP contribution in [0.3, 0.4) is 0 Å². The summed E-state index contributed by atoms with van der Waals surface area (Å²) < 4.78 is 4.38. The number of ether oxygens (including phenoxy) is 1. The van der Waals surface area contributed by atoms with E-state index in [9.17, 15) is 9.59 Å². The molecule has 2 aromatic rings. The fourth-order valence-electron chi connectivity index (χ4n) is 3.09. The van der Waals surface area contributed by atoms with Crippen LogP contribution in [0.1, 0.15) is 31.4 Å². The van der Waals surface area contributed by atoms with Gasteiger partial charge in [-0.1, -0.05) is 115 Å². The Morgan fingerprint density at radius 1 is 1.15 bits per heavy atom. The smallest absolute Gasteiger partial charge is 0.266 e. The summed E-state index contributed by atoms with van der Waals surface area (Å²) in [5.74, 6) is 0.134. The second-order valence-electron chi connectivity index (χ2n) is 8.03. The third-order valence-electron chi connectivity index (χ3n) is 4.67. The quantitative estimate of drug-likeness (QED) is 0.178. The minimum Gasteiger partial charge on any atom is -0.466 e. The van der Waals surface area contributed by atoms with E-state index in [-0.39, 0.29) is 24.2 Å². The molecule has 0 aliphatic carbocycles. The van der Waals surface area contributed by atoms with Crippen LogP contribution >= 0.6 is 58.8 Å². The molecule has 1 heterocycles.